The highest BCUT2D eigenvalue weighted by molar-refractivity contribution is 9.10. The van der Waals surface area contributed by atoms with Gasteiger partial charge < -0.3 is 0 Å². The van der Waals surface area contributed by atoms with Gasteiger partial charge in [0.15, 0.2) is 0 Å². The van der Waals surface area contributed by atoms with E-state index in [9.17, 15) is 0 Å². The molecule has 0 heterocycles. The van der Waals surface area contributed by atoms with Gasteiger partial charge in [0.1, 0.15) is 0 Å². The zero-order valence-corrected chi connectivity index (χ0v) is 15.8. The average molecular weight is 353 g/mol. The molecule has 0 saturated heterocycles. The van der Waals surface area contributed by atoms with Gasteiger partial charge >= 0.3 is 0 Å². The van der Waals surface area contributed by atoms with Crippen molar-refractivity contribution < 1.29 is 0 Å². The van der Waals surface area contributed by atoms with E-state index in [1.54, 1.807) is 0 Å². The van der Waals surface area contributed by atoms with Gasteiger partial charge in [-0.3, -0.25) is 0 Å². The Kier molecular flexibility index (Phi) is 9.31. The first-order valence-electron chi connectivity index (χ1n) is 8.88. The molecule has 0 aliphatic rings. The van der Waals surface area contributed by atoms with E-state index in [0.717, 1.165) is 0 Å². The van der Waals surface area contributed by atoms with Crippen LogP contribution >= 0.6 is 15.9 Å². The lowest BCUT2D eigenvalue weighted by Crippen LogP contribution is -2.22. The number of hydrogen-bond donors (Lipinski definition) is 0. The van der Waals surface area contributed by atoms with Crippen molar-refractivity contribution >= 4 is 15.9 Å². The van der Waals surface area contributed by atoms with Gasteiger partial charge in [-0.2, -0.15) is 0 Å². The predicted octanol–water partition coefficient (Wildman–Crippen LogP) is 7.65. The minimum atomic E-state index is 0.352. The van der Waals surface area contributed by atoms with Gasteiger partial charge in [-0.15, -0.1) is 0 Å². The minimum absolute atomic E-state index is 0.352. The molecule has 0 atom stereocenters. The third-order valence-electron chi connectivity index (χ3n) is 4.69. The Balaban J connectivity index is 2.67. The molecule has 0 unspecified atom stereocenters. The Bertz CT molecular complexity index is 371. The van der Waals surface area contributed by atoms with Crippen LogP contribution in [0, 0.1) is 0 Å². The van der Waals surface area contributed by atoms with E-state index in [0.29, 0.717) is 5.41 Å². The summed E-state index contributed by atoms with van der Waals surface area (Å²) in [6, 6.07) is 8.98. The number of unbranched alkanes of at least 4 members (excludes halogenated alkanes) is 6. The molecule has 0 fully saturated rings. The molecular formula is C20H33Br. The Morgan fingerprint density at radius 3 is 1.90 bits per heavy atom. The van der Waals surface area contributed by atoms with Crippen LogP contribution in [0.25, 0.3) is 0 Å². The summed E-state index contributed by atoms with van der Waals surface area (Å²) in [5.74, 6) is 0. The molecule has 1 aromatic carbocycles. The Morgan fingerprint density at radius 2 is 1.43 bits per heavy atom. The maximum Gasteiger partial charge on any atom is 0.0178 e. The van der Waals surface area contributed by atoms with Crippen molar-refractivity contribution in [2.75, 3.05) is 0 Å². The Hall–Kier alpha value is -0.300. The van der Waals surface area contributed by atoms with E-state index in [1.165, 1.54) is 74.2 Å². The van der Waals surface area contributed by atoms with Crippen molar-refractivity contribution in [2.24, 2.45) is 0 Å². The van der Waals surface area contributed by atoms with Gasteiger partial charge in [0, 0.05) is 4.47 Å². The topological polar surface area (TPSA) is 0 Å². The lowest BCUT2D eigenvalue weighted by Gasteiger charge is -2.31. The summed E-state index contributed by atoms with van der Waals surface area (Å²) in [4.78, 5) is 0. The average Bonchev–Trinajstić information content (AvgIpc) is 2.48. The molecule has 21 heavy (non-hydrogen) atoms. The molecular weight excluding hydrogens is 320 g/mol. The monoisotopic (exact) mass is 352 g/mol. The third-order valence-corrected chi connectivity index (χ3v) is 5.18. The van der Waals surface area contributed by atoms with Gasteiger partial charge in [-0.1, -0.05) is 100 Å². The summed E-state index contributed by atoms with van der Waals surface area (Å²) < 4.78 is 1.22. The van der Waals surface area contributed by atoms with Crippen LogP contribution in [0.5, 0.6) is 0 Å². The first-order chi connectivity index (χ1) is 10.1. The molecule has 0 N–H and O–H groups in total. The molecule has 0 nitrogen and oxygen atoms in total. The van der Waals surface area contributed by atoms with Crippen molar-refractivity contribution in [3.63, 3.8) is 0 Å². The van der Waals surface area contributed by atoms with E-state index < -0.39 is 0 Å². The summed E-state index contributed by atoms with van der Waals surface area (Å²) in [5.41, 5.74) is 1.87. The largest absolute Gasteiger partial charge is 0.0654 e. The first-order valence-corrected chi connectivity index (χ1v) is 9.67. The SMILES string of the molecule is CCCCCCC(C)(CCCCCC)c1cccc(Br)c1. The number of hydrogen-bond acceptors (Lipinski definition) is 0. The number of halogens is 1. The molecule has 120 valence electrons. The standard InChI is InChI=1S/C20H33Br/c1-4-6-8-10-15-20(3,16-11-9-7-5-2)18-13-12-14-19(21)17-18/h12-14,17H,4-11,15-16H2,1-3H3. The van der Waals surface area contributed by atoms with E-state index in [4.69, 9.17) is 0 Å². The Morgan fingerprint density at radius 1 is 0.857 bits per heavy atom. The highest BCUT2D eigenvalue weighted by Crippen LogP contribution is 2.36. The second-order valence-corrected chi connectivity index (χ2v) is 7.61. The maximum absolute atomic E-state index is 3.64. The number of rotatable bonds is 11. The Labute approximate surface area is 140 Å². The van der Waals surface area contributed by atoms with Crippen molar-refractivity contribution in [2.45, 2.75) is 90.4 Å². The van der Waals surface area contributed by atoms with Gasteiger partial charge in [0.25, 0.3) is 0 Å². The predicted molar refractivity (Wildman–Crippen MR) is 99.0 cm³/mol. The second-order valence-electron chi connectivity index (χ2n) is 6.69. The van der Waals surface area contributed by atoms with Crippen LogP contribution in [0.3, 0.4) is 0 Å². The summed E-state index contributed by atoms with van der Waals surface area (Å²) >= 11 is 3.64. The highest BCUT2D eigenvalue weighted by atomic mass is 79.9. The molecule has 1 rings (SSSR count). The summed E-state index contributed by atoms with van der Waals surface area (Å²) in [6.45, 7) is 7.06. The quantitative estimate of drug-likeness (QED) is 0.358. The van der Waals surface area contributed by atoms with Crippen LogP contribution < -0.4 is 0 Å². The molecule has 0 radical (unpaired) electrons. The van der Waals surface area contributed by atoms with Crippen LogP contribution in [-0.4, -0.2) is 0 Å². The zero-order valence-electron chi connectivity index (χ0n) is 14.3. The van der Waals surface area contributed by atoms with Crippen LogP contribution in [0.4, 0.5) is 0 Å². The lowest BCUT2D eigenvalue weighted by atomic mass is 9.74. The molecule has 0 spiro atoms. The van der Waals surface area contributed by atoms with E-state index in [-0.39, 0.29) is 0 Å². The zero-order chi connectivity index (χ0) is 15.6. The summed E-state index contributed by atoms with van der Waals surface area (Å²) in [6.07, 6.45) is 13.6. The third kappa shape index (κ3) is 7.00. The smallest absolute Gasteiger partial charge is 0.0178 e. The fraction of sp³-hybridized carbons (Fsp3) is 0.700. The summed E-state index contributed by atoms with van der Waals surface area (Å²) in [7, 11) is 0. The second kappa shape index (κ2) is 10.4. The van der Waals surface area contributed by atoms with Gasteiger partial charge in [0.05, 0.1) is 0 Å². The minimum Gasteiger partial charge on any atom is -0.0654 e. The normalized spacial score (nSPS) is 11.8. The van der Waals surface area contributed by atoms with E-state index in [2.05, 4.69) is 61.0 Å². The van der Waals surface area contributed by atoms with E-state index >= 15 is 0 Å². The molecule has 0 saturated carbocycles. The van der Waals surface area contributed by atoms with Crippen molar-refractivity contribution in [3.05, 3.63) is 34.3 Å². The van der Waals surface area contributed by atoms with E-state index in [1.807, 2.05) is 0 Å². The lowest BCUT2D eigenvalue weighted by molar-refractivity contribution is 0.364. The van der Waals surface area contributed by atoms with Gasteiger partial charge in [-0.05, 0) is 36.0 Å². The molecule has 0 amide bonds. The van der Waals surface area contributed by atoms with Crippen LogP contribution in [-0.2, 0) is 5.41 Å². The van der Waals surface area contributed by atoms with Gasteiger partial charge in [-0.25, -0.2) is 0 Å². The molecule has 0 aromatic heterocycles. The summed E-state index contributed by atoms with van der Waals surface area (Å²) in [5, 5.41) is 0. The molecule has 0 bridgehead atoms. The van der Waals surface area contributed by atoms with Crippen molar-refractivity contribution in [3.8, 4) is 0 Å². The van der Waals surface area contributed by atoms with Crippen molar-refractivity contribution in [1.29, 1.82) is 0 Å². The fourth-order valence-electron chi connectivity index (χ4n) is 3.16. The molecule has 1 aromatic rings. The molecule has 0 aliphatic carbocycles. The fourth-order valence-corrected chi connectivity index (χ4v) is 3.56. The van der Waals surface area contributed by atoms with Crippen LogP contribution in [0.2, 0.25) is 0 Å². The van der Waals surface area contributed by atoms with Crippen molar-refractivity contribution in [1.82, 2.24) is 0 Å². The molecule has 0 aliphatic heterocycles. The maximum atomic E-state index is 3.64. The molecule has 1 heteroatoms. The highest BCUT2D eigenvalue weighted by Gasteiger charge is 2.25. The van der Waals surface area contributed by atoms with Gasteiger partial charge in [0.2, 0.25) is 0 Å². The van der Waals surface area contributed by atoms with Crippen LogP contribution in [0.1, 0.15) is 90.5 Å². The van der Waals surface area contributed by atoms with Crippen LogP contribution in [0.15, 0.2) is 28.7 Å². The number of benzene rings is 1. The first kappa shape index (κ1) is 18.7.